The van der Waals surface area contributed by atoms with E-state index in [-0.39, 0.29) is 0 Å². The summed E-state index contributed by atoms with van der Waals surface area (Å²) in [5.74, 6) is -0.548. The highest BCUT2D eigenvalue weighted by Gasteiger charge is 2.40. The van der Waals surface area contributed by atoms with Gasteiger partial charge in [0.15, 0.2) is 0 Å². The fourth-order valence-corrected chi connectivity index (χ4v) is 2.31. The van der Waals surface area contributed by atoms with Gasteiger partial charge in [-0.15, -0.1) is 0 Å². The van der Waals surface area contributed by atoms with Crippen LogP contribution in [0.5, 0.6) is 0 Å². The summed E-state index contributed by atoms with van der Waals surface area (Å²) in [4.78, 5) is 22.7. The van der Waals surface area contributed by atoms with Crippen molar-refractivity contribution in [2.24, 2.45) is 0 Å². The number of alkyl carbamates (subject to hydrolysis) is 1. The van der Waals surface area contributed by atoms with E-state index in [0.717, 1.165) is 10.0 Å². The van der Waals surface area contributed by atoms with Gasteiger partial charge in [0.25, 0.3) is 0 Å². The molecule has 2 atom stereocenters. The number of carbonyl (C=O) groups excluding carboxylic acids is 2. The van der Waals surface area contributed by atoms with Gasteiger partial charge >= 0.3 is 12.1 Å². The summed E-state index contributed by atoms with van der Waals surface area (Å²) in [6, 6.07) is 7.25. The third-order valence-corrected chi connectivity index (χ3v) is 3.17. The Hall–Kier alpha value is -1.56. The van der Waals surface area contributed by atoms with Crippen LogP contribution >= 0.6 is 15.9 Å². The highest BCUT2D eigenvalue weighted by molar-refractivity contribution is 9.10. The van der Waals surface area contributed by atoms with E-state index in [1.165, 1.54) is 7.11 Å². The zero-order valence-corrected chi connectivity index (χ0v) is 11.3. The molecule has 1 fully saturated rings. The number of halogens is 1. The Morgan fingerprint density at radius 2 is 2.33 bits per heavy atom. The molecule has 0 aliphatic carbocycles. The molecule has 0 bridgehead atoms. The van der Waals surface area contributed by atoms with Crippen LogP contribution in [0.3, 0.4) is 0 Å². The van der Waals surface area contributed by atoms with Crippen LogP contribution < -0.4 is 5.32 Å². The lowest BCUT2D eigenvalue weighted by Crippen LogP contribution is -2.38. The standard InChI is InChI=1S/C12H12BrNO4/c1-17-11(15)10-9(14-12(16)18-10)6-7-3-2-4-8(13)5-7/h2-5,9-10H,6H2,1H3,(H,14,16). The Balaban J connectivity index is 2.12. The molecule has 1 amide bonds. The van der Waals surface area contributed by atoms with Gasteiger partial charge in [0.1, 0.15) is 0 Å². The molecule has 5 nitrogen and oxygen atoms in total. The van der Waals surface area contributed by atoms with Gasteiger partial charge in [-0.05, 0) is 24.1 Å². The van der Waals surface area contributed by atoms with Gasteiger partial charge in [0.2, 0.25) is 6.10 Å². The second-order valence-corrected chi connectivity index (χ2v) is 4.85. The van der Waals surface area contributed by atoms with Gasteiger partial charge in [-0.3, -0.25) is 0 Å². The Labute approximate surface area is 113 Å². The quantitative estimate of drug-likeness (QED) is 0.862. The Kier molecular flexibility index (Phi) is 3.86. The van der Waals surface area contributed by atoms with Crippen molar-refractivity contribution in [3.05, 3.63) is 34.3 Å². The summed E-state index contributed by atoms with van der Waals surface area (Å²) in [7, 11) is 1.27. The lowest BCUT2D eigenvalue weighted by Gasteiger charge is -2.14. The Morgan fingerprint density at radius 3 is 3.00 bits per heavy atom. The lowest BCUT2D eigenvalue weighted by atomic mass is 10.0. The molecule has 1 aliphatic rings. The number of nitrogens with one attached hydrogen (secondary N) is 1. The normalized spacial score (nSPS) is 22.2. The van der Waals surface area contributed by atoms with Crippen molar-refractivity contribution >= 4 is 28.0 Å². The number of hydrogen-bond donors (Lipinski definition) is 1. The van der Waals surface area contributed by atoms with Crippen molar-refractivity contribution in [2.75, 3.05) is 7.11 Å². The molecule has 0 spiro atoms. The number of esters is 1. The van der Waals surface area contributed by atoms with E-state index in [1.54, 1.807) is 0 Å². The molecule has 0 radical (unpaired) electrons. The molecule has 6 heteroatoms. The maximum atomic E-state index is 11.5. The molecule has 0 saturated carbocycles. The molecule has 2 rings (SSSR count). The first-order valence-electron chi connectivity index (χ1n) is 5.39. The average molecular weight is 314 g/mol. The van der Waals surface area contributed by atoms with Crippen molar-refractivity contribution < 1.29 is 19.1 Å². The zero-order valence-electron chi connectivity index (χ0n) is 9.68. The highest BCUT2D eigenvalue weighted by Crippen LogP contribution is 2.18. The largest absolute Gasteiger partial charge is 0.466 e. The summed E-state index contributed by atoms with van der Waals surface area (Å²) >= 11 is 3.37. The molecule has 1 heterocycles. The number of benzene rings is 1. The van der Waals surface area contributed by atoms with E-state index < -0.39 is 24.2 Å². The van der Waals surface area contributed by atoms with Crippen LogP contribution in [0.4, 0.5) is 4.79 Å². The topological polar surface area (TPSA) is 64.6 Å². The minimum Gasteiger partial charge on any atom is -0.466 e. The number of ether oxygens (including phenoxy) is 2. The summed E-state index contributed by atoms with van der Waals surface area (Å²) in [5, 5.41) is 2.61. The first kappa shape index (κ1) is 12.9. The third-order valence-electron chi connectivity index (χ3n) is 2.68. The molecule has 1 N–H and O–H groups in total. The predicted molar refractivity (Wildman–Crippen MR) is 67.1 cm³/mol. The number of carbonyl (C=O) groups is 2. The van der Waals surface area contributed by atoms with Crippen LogP contribution in [-0.4, -0.2) is 31.3 Å². The number of hydrogen-bond acceptors (Lipinski definition) is 4. The maximum absolute atomic E-state index is 11.5. The molecule has 2 unspecified atom stereocenters. The first-order valence-corrected chi connectivity index (χ1v) is 6.19. The van der Waals surface area contributed by atoms with E-state index >= 15 is 0 Å². The minimum absolute atomic E-state index is 0.403. The molecule has 96 valence electrons. The Morgan fingerprint density at radius 1 is 1.56 bits per heavy atom. The molecular formula is C12H12BrNO4. The van der Waals surface area contributed by atoms with Gasteiger partial charge in [-0.2, -0.15) is 0 Å². The highest BCUT2D eigenvalue weighted by atomic mass is 79.9. The van der Waals surface area contributed by atoms with Crippen molar-refractivity contribution in [2.45, 2.75) is 18.6 Å². The Bertz CT molecular complexity index is 477. The number of cyclic esters (lactones) is 1. The lowest BCUT2D eigenvalue weighted by molar-refractivity contribution is -0.149. The molecule has 1 aromatic carbocycles. The summed E-state index contributed by atoms with van der Waals surface area (Å²) < 4.78 is 10.4. The minimum atomic E-state index is -0.888. The summed E-state index contributed by atoms with van der Waals surface area (Å²) in [6.45, 7) is 0. The van der Waals surface area contributed by atoms with Crippen LogP contribution in [0.15, 0.2) is 28.7 Å². The monoisotopic (exact) mass is 313 g/mol. The fourth-order valence-electron chi connectivity index (χ4n) is 1.86. The second-order valence-electron chi connectivity index (χ2n) is 3.93. The van der Waals surface area contributed by atoms with E-state index in [9.17, 15) is 9.59 Å². The fraction of sp³-hybridized carbons (Fsp3) is 0.333. The predicted octanol–water partition coefficient (Wildman–Crippen LogP) is 1.64. The van der Waals surface area contributed by atoms with Crippen LogP contribution in [0.25, 0.3) is 0 Å². The van der Waals surface area contributed by atoms with E-state index in [1.807, 2.05) is 24.3 Å². The molecule has 0 aromatic heterocycles. The molecule has 1 saturated heterocycles. The average Bonchev–Trinajstić information content (AvgIpc) is 2.69. The van der Waals surface area contributed by atoms with Gasteiger partial charge in [0.05, 0.1) is 13.2 Å². The van der Waals surface area contributed by atoms with E-state index in [2.05, 4.69) is 26.0 Å². The van der Waals surface area contributed by atoms with Crippen molar-refractivity contribution in [3.63, 3.8) is 0 Å². The van der Waals surface area contributed by atoms with Crippen molar-refractivity contribution in [1.82, 2.24) is 5.32 Å². The molecule has 1 aromatic rings. The molecular weight excluding hydrogens is 302 g/mol. The molecule has 18 heavy (non-hydrogen) atoms. The summed E-state index contributed by atoms with van der Waals surface area (Å²) in [6.07, 6.45) is -0.975. The maximum Gasteiger partial charge on any atom is 0.408 e. The second kappa shape index (κ2) is 5.39. The van der Waals surface area contributed by atoms with Crippen molar-refractivity contribution in [1.29, 1.82) is 0 Å². The summed E-state index contributed by atoms with van der Waals surface area (Å²) in [5.41, 5.74) is 0.995. The van der Waals surface area contributed by atoms with Gasteiger partial charge < -0.3 is 14.8 Å². The third kappa shape index (κ3) is 2.81. The van der Waals surface area contributed by atoms with E-state index in [4.69, 9.17) is 4.74 Å². The van der Waals surface area contributed by atoms with Gasteiger partial charge in [-0.25, -0.2) is 9.59 Å². The van der Waals surface area contributed by atoms with Gasteiger partial charge in [0, 0.05) is 4.47 Å². The first-order chi connectivity index (χ1) is 8.60. The SMILES string of the molecule is COC(=O)C1OC(=O)NC1Cc1cccc(Br)c1. The van der Waals surface area contributed by atoms with Crippen LogP contribution in [-0.2, 0) is 20.7 Å². The number of amides is 1. The number of rotatable bonds is 3. The van der Waals surface area contributed by atoms with Gasteiger partial charge in [-0.1, -0.05) is 28.1 Å². The van der Waals surface area contributed by atoms with Crippen LogP contribution in [0.1, 0.15) is 5.56 Å². The number of methoxy groups -OCH3 is 1. The molecule has 1 aliphatic heterocycles. The van der Waals surface area contributed by atoms with Crippen LogP contribution in [0, 0.1) is 0 Å². The van der Waals surface area contributed by atoms with Crippen LogP contribution in [0.2, 0.25) is 0 Å². The van der Waals surface area contributed by atoms with E-state index in [0.29, 0.717) is 6.42 Å². The smallest absolute Gasteiger partial charge is 0.408 e. The zero-order chi connectivity index (χ0) is 13.1. The van der Waals surface area contributed by atoms with Crippen molar-refractivity contribution in [3.8, 4) is 0 Å².